The van der Waals surface area contributed by atoms with Crippen LogP contribution in [0.2, 0.25) is 0 Å². The zero-order chi connectivity index (χ0) is 23.5. The van der Waals surface area contributed by atoms with E-state index < -0.39 is 5.69 Å². The van der Waals surface area contributed by atoms with Crippen LogP contribution in [0.25, 0.3) is 22.3 Å². The minimum atomic E-state index is -0.405. The van der Waals surface area contributed by atoms with Gasteiger partial charge >= 0.3 is 5.69 Å². The molecule has 0 spiro atoms. The molecule has 9 nitrogen and oxygen atoms in total. The number of hydrogen-bond donors (Lipinski definition) is 0. The highest BCUT2D eigenvalue weighted by molar-refractivity contribution is 5.77. The van der Waals surface area contributed by atoms with Crippen molar-refractivity contribution in [3.63, 3.8) is 0 Å². The number of fused-ring (bicyclic) bond motifs is 1. The molecule has 4 aromatic rings. The lowest BCUT2D eigenvalue weighted by molar-refractivity contribution is 0.230. The lowest BCUT2D eigenvalue weighted by atomic mass is 10.2. The van der Waals surface area contributed by atoms with E-state index in [1.54, 1.807) is 43.5 Å². The number of rotatable bonds is 8. The van der Waals surface area contributed by atoms with Crippen molar-refractivity contribution in [2.24, 2.45) is 0 Å². The number of nitrogens with zero attached hydrogens (tertiary/aromatic N) is 4. The van der Waals surface area contributed by atoms with Gasteiger partial charge in [-0.2, -0.15) is 4.98 Å². The molecular weight excluding hydrogens is 424 g/mol. The molecule has 2 aromatic carbocycles. The van der Waals surface area contributed by atoms with Crippen molar-refractivity contribution in [3.8, 4) is 22.9 Å². The van der Waals surface area contributed by atoms with Gasteiger partial charge in [-0.1, -0.05) is 24.2 Å². The summed E-state index contributed by atoms with van der Waals surface area (Å²) in [4.78, 5) is 30.3. The van der Waals surface area contributed by atoms with E-state index >= 15 is 0 Å². The van der Waals surface area contributed by atoms with Crippen molar-refractivity contribution in [3.05, 3.63) is 69.2 Å². The van der Waals surface area contributed by atoms with E-state index in [1.807, 2.05) is 26.8 Å². The molecule has 4 rings (SSSR count). The first kappa shape index (κ1) is 22.3. The number of hydrogen-bond acceptors (Lipinski definition) is 7. The third kappa shape index (κ3) is 4.39. The molecule has 2 heterocycles. The first-order valence-electron chi connectivity index (χ1n) is 10.8. The standard InChI is InChI=1S/C24H26N4O5/c1-5-12-27-23(29)17-8-6-7-9-18(17)28(24(27)30)14-21-25-22(26-33-21)16-10-11-19(32-15(2)3)20(13-16)31-4/h6-11,13,15H,5,12,14H2,1-4H3. The molecule has 0 atom stereocenters. The van der Waals surface area contributed by atoms with Crippen molar-refractivity contribution < 1.29 is 14.0 Å². The smallest absolute Gasteiger partial charge is 0.331 e. The van der Waals surface area contributed by atoms with Gasteiger partial charge in [-0.25, -0.2) is 4.79 Å². The lowest BCUT2D eigenvalue weighted by Crippen LogP contribution is -2.40. The zero-order valence-corrected chi connectivity index (χ0v) is 19.1. The Morgan fingerprint density at radius 2 is 1.85 bits per heavy atom. The van der Waals surface area contributed by atoms with Crippen molar-refractivity contribution in [1.82, 2.24) is 19.3 Å². The summed E-state index contributed by atoms with van der Waals surface area (Å²) in [6, 6.07) is 12.4. The Bertz CT molecular complexity index is 1400. The van der Waals surface area contributed by atoms with Crippen LogP contribution in [0.4, 0.5) is 0 Å². The molecule has 2 aromatic heterocycles. The summed E-state index contributed by atoms with van der Waals surface area (Å²) in [6.45, 7) is 6.17. The summed E-state index contributed by atoms with van der Waals surface area (Å²) in [7, 11) is 1.57. The van der Waals surface area contributed by atoms with E-state index in [0.717, 1.165) is 0 Å². The van der Waals surface area contributed by atoms with Crippen LogP contribution in [0.5, 0.6) is 11.5 Å². The molecule has 0 saturated carbocycles. The summed E-state index contributed by atoms with van der Waals surface area (Å²) in [6.07, 6.45) is 0.668. The maximum Gasteiger partial charge on any atom is 0.331 e. The highest BCUT2D eigenvalue weighted by Crippen LogP contribution is 2.32. The fourth-order valence-electron chi connectivity index (χ4n) is 3.67. The average Bonchev–Trinajstić information content (AvgIpc) is 3.28. The Morgan fingerprint density at radius 1 is 1.06 bits per heavy atom. The molecule has 0 fully saturated rings. The molecule has 0 bridgehead atoms. The second kappa shape index (κ2) is 9.32. The van der Waals surface area contributed by atoms with Gasteiger partial charge in [-0.15, -0.1) is 0 Å². The number of methoxy groups -OCH3 is 1. The summed E-state index contributed by atoms with van der Waals surface area (Å²) in [5, 5.41) is 4.54. The van der Waals surface area contributed by atoms with Crippen LogP contribution in [-0.2, 0) is 13.1 Å². The van der Waals surface area contributed by atoms with E-state index in [2.05, 4.69) is 10.1 Å². The molecule has 172 valence electrons. The van der Waals surface area contributed by atoms with E-state index in [-0.39, 0.29) is 24.1 Å². The third-order valence-corrected chi connectivity index (χ3v) is 5.13. The Kier molecular flexibility index (Phi) is 6.30. The lowest BCUT2D eigenvalue weighted by Gasteiger charge is -2.13. The monoisotopic (exact) mass is 450 g/mol. The quantitative estimate of drug-likeness (QED) is 0.405. The average molecular weight is 450 g/mol. The molecule has 0 radical (unpaired) electrons. The summed E-state index contributed by atoms with van der Waals surface area (Å²) in [5.74, 6) is 1.79. The maximum atomic E-state index is 13.1. The van der Waals surface area contributed by atoms with Gasteiger partial charge in [-0.3, -0.25) is 13.9 Å². The molecule has 9 heteroatoms. The minimum absolute atomic E-state index is 0.00522. The Morgan fingerprint density at radius 3 is 2.58 bits per heavy atom. The largest absolute Gasteiger partial charge is 0.493 e. The number of ether oxygens (including phenoxy) is 2. The van der Waals surface area contributed by atoms with Gasteiger partial charge in [0.1, 0.15) is 6.54 Å². The molecule has 0 unspecified atom stereocenters. The van der Waals surface area contributed by atoms with Gasteiger partial charge in [0.25, 0.3) is 5.56 Å². The Labute approximate surface area is 190 Å². The molecule has 0 aliphatic heterocycles. The number of aromatic nitrogens is 4. The second-order valence-electron chi connectivity index (χ2n) is 7.89. The molecule has 0 aliphatic rings. The summed E-state index contributed by atoms with van der Waals surface area (Å²) < 4.78 is 19.4. The molecule has 0 aliphatic carbocycles. The van der Waals surface area contributed by atoms with E-state index in [4.69, 9.17) is 14.0 Å². The van der Waals surface area contributed by atoms with E-state index in [9.17, 15) is 9.59 Å². The molecule has 0 saturated heterocycles. The van der Waals surface area contributed by atoms with Gasteiger partial charge in [-0.05, 0) is 50.6 Å². The summed E-state index contributed by atoms with van der Waals surface area (Å²) >= 11 is 0. The molecular formula is C24H26N4O5. The first-order chi connectivity index (χ1) is 15.9. The maximum absolute atomic E-state index is 13.1. The molecule has 0 amide bonds. The van der Waals surface area contributed by atoms with Gasteiger partial charge in [0, 0.05) is 12.1 Å². The normalized spacial score (nSPS) is 11.3. The van der Waals surface area contributed by atoms with Crippen LogP contribution < -0.4 is 20.7 Å². The van der Waals surface area contributed by atoms with Crippen LogP contribution in [0.3, 0.4) is 0 Å². The number of para-hydroxylation sites is 1. The van der Waals surface area contributed by atoms with Crippen LogP contribution >= 0.6 is 0 Å². The van der Waals surface area contributed by atoms with Gasteiger partial charge in [0.2, 0.25) is 11.7 Å². The van der Waals surface area contributed by atoms with E-state index in [1.165, 1.54) is 9.13 Å². The van der Waals surface area contributed by atoms with Crippen LogP contribution in [0, 0.1) is 0 Å². The van der Waals surface area contributed by atoms with Gasteiger partial charge in [0.15, 0.2) is 11.5 Å². The number of benzene rings is 2. The van der Waals surface area contributed by atoms with Gasteiger partial charge in [0.05, 0.1) is 24.1 Å². The first-order valence-corrected chi connectivity index (χ1v) is 10.8. The Balaban J connectivity index is 1.72. The molecule has 33 heavy (non-hydrogen) atoms. The van der Waals surface area contributed by atoms with Crippen molar-refractivity contribution >= 4 is 10.9 Å². The van der Waals surface area contributed by atoms with E-state index in [0.29, 0.717) is 46.8 Å². The van der Waals surface area contributed by atoms with Crippen LogP contribution in [-0.4, -0.2) is 32.5 Å². The second-order valence-corrected chi connectivity index (χ2v) is 7.89. The predicted molar refractivity (Wildman–Crippen MR) is 124 cm³/mol. The fourth-order valence-corrected chi connectivity index (χ4v) is 3.67. The van der Waals surface area contributed by atoms with Crippen LogP contribution in [0.1, 0.15) is 33.1 Å². The van der Waals surface area contributed by atoms with Crippen molar-refractivity contribution in [2.75, 3.05) is 7.11 Å². The highest BCUT2D eigenvalue weighted by atomic mass is 16.5. The van der Waals surface area contributed by atoms with Gasteiger partial charge < -0.3 is 14.0 Å². The van der Waals surface area contributed by atoms with Crippen molar-refractivity contribution in [2.45, 2.75) is 46.4 Å². The SMILES string of the molecule is CCCn1c(=O)c2ccccc2n(Cc2nc(-c3ccc(OC(C)C)c(OC)c3)no2)c1=O. The van der Waals surface area contributed by atoms with Crippen LogP contribution in [0.15, 0.2) is 56.6 Å². The summed E-state index contributed by atoms with van der Waals surface area (Å²) in [5.41, 5.74) is 0.510. The fraction of sp³-hybridized carbons (Fsp3) is 0.333. The molecule has 0 N–H and O–H groups in total. The minimum Gasteiger partial charge on any atom is -0.493 e. The third-order valence-electron chi connectivity index (χ3n) is 5.13. The zero-order valence-electron chi connectivity index (χ0n) is 19.1. The van der Waals surface area contributed by atoms with Crippen molar-refractivity contribution in [1.29, 1.82) is 0 Å². The Hall–Kier alpha value is -3.88. The highest BCUT2D eigenvalue weighted by Gasteiger charge is 2.17. The topological polar surface area (TPSA) is 101 Å². The predicted octanol–water partition coefficient (Wildman–Crippen LogP) is 3.47.